The van der Waals surface area contributed by atoms with Crippen LogP contribution in [0.4, 0.5) is 4.39 Å². The molecular weight excluding hydrogens is 314 g/mol. The van der Waals surface area contributed by atoms with E-state index >= 15 is 0 Å². The minimum atomic E-state index is -0.952. The first-order valence-electron chi connectivity index (χ1n) is 7.57. The molecule has 1 aliphatic rings. The smallest absolute Gasteiger partial charge is 0.398 e. The number of hydrogen-bond acceptors (Lipinski definition) is 4. The van der Waals surface area contributed by atoms with E-state index in [1.807, 2.05) is 57.5 Å². The van der Waals surface area contributed by atoms with E-state index in [9.17, 15) is 4.39 Å². The SMILES string of the molecule is CC1(C)OB(C(F)=CCn2ccc(-c3cccs3)n2)OC1(C)C. The van der Waals surface area contributed by atoms with Crippen molar-refractivity contribution in [3.05, 3.63) is 41.6 Å². The van der Waals surface area contributed by atoms with Gasteiger partial charge in [0, 0.05) is 6.20 Å². The first kappa shape index (κ1) is 16.4. The van der Waals surface area contributed by atoms with Crippen LogP contribution < -0.4 is 0 Å². The van der Waals surface area contributed by atoms with Gasteiger partial charge in [0.15, 0.2) is 0 Å². The summed E-state index contributed by atoms with van der Waals surface area (Å²) >= 11 is 1.63. The van der Waals surface area contributed by atoms with Gasteiger partial charge in [-0.2, -0.15) is 5.10 Å². The van der Waals surface area contributed by atoms with Crippen molar-refractivity contribution < 1.29 is 13.7 Å². The van der Waals surface area contributed by atoms with Gasteiger partial charge in [-0.25, -0.2) is 4.39 Å². The largest absolute Gasteiger partial charge is 0.524 e. The third-order valence-electron chi connectivity index (χ3n) is 4.37. The zero-order chi connectivity index (χ0) is 16.7. The highest BCUT2D eigenvalue weighted by molar-refractivity contribution is 7.13. The van der Waals surface area contributed by atoms with E-state index in [1.165, 1.54) is 6.08 Å². The van der Waals surface area contributed by atoms with Crippen LogP contribution in [-0.4, -0.2) is 28.1 Å². The molecule has 0 bridgehead atoms. The summed E-state index contributed by atoms with van der Waals surface area (Å²) in [6, 6.07) is 5.92. The van der Waals surface area contributed by atoms with Gasteiger partial charge in [0.25, 0.3) is 0 Å². The average molecular weight is 334 g/mol. The Morgan fingerprint density at radius 1 is 1.30 bits per heavy atom. The normalized spacial score (nSPS) is 20.2. The summed E-state index contributed by atoms with van der Waals surface area (Å²) in [7, 11) is -0.952. The van der Waals surface area contributed by atoms with Crippen LogP contribution in [0.15, 0.2) is 41.6 Å². The summed E-state index contributed by atoms with van der Waals surface area (Å²) < 4.78 is 27.4. The van der Waals surface area contributed by atoms with E-state index in [2.05, 4.69) is 5.10 Å². The van der Waals surface area contributed by atoms with Crippen molar-refractivity contribution in [2.24, 2.45) is 0 Å². The fourth-order valence-electron chi connectivity index (χ4n) is 2.25. The number of aromatic nitrogens is 2. The van der Waals surface area contributed by atoms with Crippen molar-refractivity contribution in [2.45, 2.75) is 45.4 Å². The van der Waals surface area contributed by atoms with Crippen molar-refractivity contribution >= 4 is 18.5 Å². The van der Waals surface area contributed by atoms with E-state index in [0.717, 1.165) is 10.6 Å². The first-order valence-corrected chi connectivity index (χ1v) is 8.45. The maximum absolute atomic E-state index is 14.3. The molecule has 0 atom stereocenters. The van der Waals surface area contributed by atoms with E-state index in [-0.39, 0.29) is 0 Å². The van der Waals surface area contributed by atoms with Crippen molar-refractivity contribution in [1.82, 2.24) is 9.78 Å². The number of rotatable bonds is 4. The molecule has 1 aliphatic heterocycles. The van der Waals surface area contributed by atoms with Crippen LogP contribution in [0.3, 0.4) is 0 Å². The number of allylic oxidation sites excluding steroid dienone is 1. The van der Waals surface area contributed by atoms with Gasteiger partial charge < -0.3 is 9.31 Å². The summed E-state index contributed by atoms with van der Waals surface area (Å²) in [5, 5.41) is 6.45. The highest BCUT2D eigenvalue weighted by Gasteiger charge is 2.52. The molecule has 0 spiro atoms. The predicted octanol–water partition coefficient (Wildman–Crippen LogP) is 4.10. The van der Waals surface area contributed by atoms with Crippen LogP contribution in [0, 0.1) is 0 Å². The average Bonchev–Trinajstić information content (AvgIpc) is 3.16. The van der Waals surface area contributed by atoms with Crippen molar-refractivity contribution in [1.29, 1.82) is 0 Å². The van der Waals surface area contributed by atoms with Crippen LogP contribution in [0.25, 0.3) is 10.6 Å². The van der Waals surface area contributed by atoms with Gasteiger partial charge in [-0.3, -0.25) is 4.68 Å². The third kappa shape index (κ3) is 3.27. The highest BCUT2D eigenvalue weighted by atomic mass is 32.1. The van der Waals surface area contributed by atoms with Crippen molar-refractivity contribution in [3.8, 4) is 10.6 Å². The van der Waals surface area contributed by atoms with Crippen LogP contribution in [0.5, 0.6) is 0 Å². The Balaban J connectivity index is 1.67. The van der Waals surface area contributed by atoms with Gasteiger partial charge >= 0.3 is 7.12 Å². The Hall–Kier alpha value is -1.44. The molecule has 3 rings (SSSR count). The molecule has 2 aromatic rings. The molecule has 23 heavy (non-hydrogen) atoms. The Labute approximate surface area is 140 Å². The minimum absolute atomic E-state index is 0.335. The standard InChI is InChI=1S/C16H20BFN2O2S/c1-15(2)16(3,4)22-17(21-15)14(18)8-10-20-9-7-12(19-20)13-6-5-11-23-13/h5-9,11H,10H2,1-4H3. The summed E-state index contributed by atoms with van der Waals surface area (Å²) in [5.41, 5.74) is -0.608. The van der Waals surface area contributed by atoms with Gasteiger partial charge in [-0.05, 0) is 51.3 Å². The zero-order valence-electron chi connectivity index (χ0n) is 13.7. The van der Waals surface area contributed by atoms with Gasteiger partial charge in [-0.15, -0.1) is 11.3 Å². The maximum Gasteiger partial charge on any atom is 0.524 e. The number of thiophene rings is 1. The van der Waals surface area contributed by atoms with Crippen molar-refractivity contribution in [2.75, 3.05) is 0 Å². The zero-order valence-corrected chi connectivity index (χ0v) is 14.6. The molecule has 7 heteroatoms. The third-order valence-corrected chi connectivity index (χ3v) is 5.26. The topological polar surface area (TPSA) is 36.3 Å². The second-order valence-electron chi connectivity index (χ2n) is 6.58. The van der Waals surface area contributed by atoms with Crippen molar-refractivity contribution in [3.63, 3.8) is 0 Å². The monoisotopic (exact) mass is 334 g/mol. The van der Waals surface area contributed by atoms with Crippen LogP contribution in [0.2, 0.25) is 0 Å². The molecule has 0 amide bonds. The Bertz CT molecular complexity index is 693. The minimum Gasteiger partial charge on any atom is -0.398 e. The lowest BCUT2D eigenvalue weighted by molar-refractivity contribution is 0.00578. The van der Waals surface area contributed by atoms with E-state index in [1.54, 1.807) is 16.0 Å². The van der Waals surface area contributed by atoms with E-state index in [0.29, 0.717) is 6.54 Å². The fraction of sp³-hybridized carbons (Fsp3) is 0.438. The summed E-state index contributed by atoms with van der Waals surface area (Å²) in [5.74, 6) is 0. The highest BCUT2D eigenvalue weighted by Crippen LogP contribution is 2.38. The Morgan fingerprint density at radius 3 is 2.61 bits per heavy atom. The molecule has 0 N–H and O–H groups in total. The fourth-order valence-corrected chi connectivity index (χ4v) is 2.94. The lowest BCUT2D eigenvalue weighted by Crippen LogP contribution is -2.41. The predicted molar refractivity (Wildman–Crippen MR) is 90.8 cm³/mol. The van der Waals surface area contributed by atoms with Crippen LogP contribution in [-0.2, 0) is 15.9 Å². The van der Waals surface area contributed by atoms with Gasteiger partial charge in [0.2, 0.25) is 0 Å². The molecule has 0 unspecified atom stereocenters. The molecule has 0 aromatic carbocycles. The number of nitrogens with zero attached hydrogens (tertiary/aromatic N) is 2. The molecule has 3 heterocycles. The second kappa shape index (κ2) is 5.89. The molecule has 122 valence electrons. The molecule has 4 nitrogen and oxygen atoms in total. The van der Waals surface area contributed by atoms with Gasteiger partial charge in [0.05, 0.1) is 22.6 Å². The summed E-state index contributed by atoms with van der Waals surface area (Å²) in [6.45, 7) is 7.95. The Morgan fingerprint density at radius 2 is 2.00 bits per heavy atom. The molecule has 0 radical (unpaired) electrons. The first-order chi connectivity index (χ1) is 10.8. The molecule has 1 fully saturated rings. The van der Waals surface area contributed by atoms with E-state index in [4.69, 9.17) is 9.31 Å². The van der Waals surface area contributed by atoms with Gasteiger partial charge in [-0.1, -0.05) is 6.07 Å². The van der Waals surface area contributed by atoms with Gasteiger partial charge in [0.1, 0.15) is 11.4 Å². The maximum atomic E-state index is 14.3. The van der Waals surface area contributed by atoms with E-state index < -0.39 is 24.0 Å². The lowest BCUT2D eigenvalue weighted by Gasteiger charge is -2.32. The molecule has 0 saturated carbocycles. The number of halogens is 1. The quantitative estimate of drug-likeness (QED) is 0.790. The summed E-state index contributed by atoms with van der Waals surface area (Å²) in [4.78, 5) is 1.10. The number of hydrogen-bond donors (Lipinski definition) is 0. The Kier molecular flexibility index (Phi) is 4.20. The molecule has 0 aliphatic carbocycles. The van der Waals surface area contributed by atoms with Crippen LogP contribution >= 0.6 is 11.3 Å². The second-order valence-corrected chi connectivity index (χ2v) is 7.53. The van der Waals surface area contributed by atoms with Crippen LogP contribution in [0.1, 0.15) is 27.7 Å². The molecule has 2 aromatic heterocycles. The lowest BCUT2D eigenvalue weighted by atomic mass is 9.88. The summed E-state index contributed by atoms with van der Waals surface area (Å²) in [6.07, 6.45) is 3.29. The molecular formula is C16H20BFN2O2S. The molecule has 1 saturated heterocycles.